The van der Waals surface area contributed by atoms with Crippen molar-refractivity contribution in [1.29, 1.82) is 0 Å². The van der Waals surface area contributed by atoms with Crippen molar-refractivity contribution >= 4 is 22.4 Å². The molecule has 0 atom stereocenters. The van der Waals surface area contributed by atoms with Gasteiger partial charge in [-0.1, -0.05) is 30.3 Å². The molecule has 1 aliphatic carbocycles. The molecule has 2 aromatic carbocycles. The van der Waals surface area contributed by atoms with E-state index in [1.165, 1.54) is 27.5 Å². The third-order valence-corrected chi connectivity index (χ3v) is 3.38. The van der Waals surface area contributed by atoms with E-state index in [-0.39, 0.29) is 0 Å². The molecule has 0 N–H and O–H groups in total. The number of pyridine rings is 1. The van der Waals surface area contributed by atoms with Crippen LogP contribution < -0.4 is 0 Å². The lowest BCUT2D eigenvalue weighted by Gasteiger charge is -1.91. The van der Waals surface area contributed by atoms with Crippen LogP contribution in [0.1, 0.15) is 16.8 Å². The van der Waals surface area contributed by atoms with E-state index in [0.717, 1.165) is 5.69 Å². The molecule has 84 valence electrons. The van der Waals surface area contributed by atoms with Crippen molar-refractivity contribution in [1.82, 2.24) is 4.98 Å². The lowest BCUT2D eigenvalue weighted by Crippen LogP contribution is -1.75. The number of benzene rings is 2. The summed E-state index contributed by atoms with van der Waals surface area (Å²) in [5, 5.41) is 2.61. The summed E-state index contributed by atoms with van der Waals surface area (Å²) in [6.07, 6.45) is 3.99. The second kappa shape index (κ2) is 3.54. The van der Waals surface area contributed by atoms with Crippen LogP contribution in [-0.4, -0.2) is 4.98 Å². The van der Waals surface area contributed by atoms with E-state index in [1.807, 2.05) is 24.4 Å². The highest BCUT2D eigenvalue weighted by Gasteiger charge is 2.25. The summed E-state index contributed by atoms with van der Waals surface area (Å²) in [5.74, 6) is 0. The molecule has 0 amide bonds. The first-order valence-electron chi connectivity index (χ1n) is 6.08. The van der Waals surface area contributed by atoms with E-state index in [4.69, 9.17) is 0 Å². The number of aromatic nitrogens is 1. The van der Waals surface area contributed by atoms with E-state index in [9.17, 15) is 0 Å². The zero-order chi connectivity index (χ0) is 11.9. The predicted octanol–water partition coefficient (Wildman–Crippen LogP) is 4.14. The molecule has 0 unspecified atom stereocenters. The van der Waals surface area contributed by atoms with Crippen molar-refractivity contribution in [2.24, 2.45) is 0 Å². The predicted molar refractivity (Wildman–Crippen MR) is 75.2 cm³/mol. The highest BCUT2D eigenvalue weighted by molar-refractivity contribution is 6.11. The number of hydrogen-bond donors (Lipinski definition) is 0. The normalized spacial score (nSPS) is 12.3. The van der Waals surface area contributed by atoms with Gasteiger partial charge in [-0.05, 0) is 57.8 Å². The van der Waals surface area contributed by atoms with Gasteiger partial charge in [-0.3, -0.25) is 4.98 Å². The first-order valence-corrected chi connectivity index (χ1v) is 6.08. The van der Waals surface area contributed by atoms with Gasteiger partial charge in [-0.2, -0.15) is 0 Å². The van der Waals surface area contributed by atoms with Crippen molar-refractivity contribution in [3.8, 4) is 0 Å². The third-order valence-electron chi connectivity index (χ3n) is 3.38. The summed E-state index contributed by atoms with van der Waals surface area (Å²) < 4.78 is 0. The molecule has 4 rings (SSSR count). The lowest BCUT2D eigenvalue weighted by molar-refractivity contribution is 1.30. The second-order valence-electron chi connectivity index (χ2n) is 4.56. The minimum absolute atomic E-state index is 1.02. The molecule has 1 nitrogen and oxygen atoms in total. The average molecular weight is 229 g/mol. The van der Waals surface area contributed by atoms with Gasteiger partial charge in [-0.25, -0.2) is 0 Å². The Balaban J connectivity index is 1.82. The minimum Gasteiger partial charge on any atom is -0.257 e. The van der Waals surface area contributed by atoms with Crippen LogP contribution in [0.5, 0.6) is 0 Å². The van der Waals surface area contributed by atoms with Crippen LogP contribution in [0.2, 0.25) is 0 Å². The van der Waals surface area contributed by atoms with E-state index < -0.39 is 0 Å². The molecule has 18 heavy (non-hydrogen) atoms. The number of hydrogen-bond acceptors (Lipinski definition) is 1. The fourth-order valence-electron chi connectivity index (χ4n) is 2.39. The SMILES string of the molecule is C(=C1c2cc3ccccc3cc21)c1ccccn1. The van der Waals surface area contributed by atoms with Gasteiger partial charge in [-0.15, -0.1) is 0 Å². The van der Waals surface area contributed by atoms with Crippen LogP contribution >= 0.6 is 0 Å². The Bertz CT molecular complexity index is 725. The second-order valence-corrected chi connectivity index (χ2v) is 4.56. The Labute approximate surface area is 105 Å². The molecule has 0 fully saturated rings. The minimum atomic E-state index is 1.02. The molecule has 0 saturated heterocycles. The van der Waals surface area contributed by atoms with Crippen LogP contribution in [-0.2, 0) is 0 Å². The average Bonchev–Trinajstić information content (AvgIpc) is 3.09. The van der Waals surface area contributed by atoms with Gasteiger partial charge in [0.15, 0.2) is 0 Å². The number of nitrogens with zero attached hydrogens (tertiary/aromatic N) is 1. The maximum atomic E-state index is 4.34. The molecule has 1 heteroatoms. The zero-order valence-electron chi connectivity index (χ0n) is 9.80. The molecule has 1 heterocycles. The Hall–Kier alpha value is -2.41. The molecular formula is C17H11N. The van der Waals surface area contributed by atoms with E-state index in [0.29, 0.717) is 0 Å². The number of rotatable bonds is 1. The summed E-state index contributed by atoms with van der Waals surface area (Å²) in [6, 6.07) is 19.0. The summed E-state index contributed by atoms with van der Waals surface area (Å²) in [5.41, 5.74) is 5.07. The quantitative estimate of drug-likeness (QED) is 0.478. The molecule has 0 aliphatic heterocycles. The van der Waals surface area contributed by atoms with E-state index in [1.54, 1.807) is 0 Å². The van der Waals surface area contributed by atoms with Crippen molar-refractivity contribution < 1.29 is 0 Å². The van der Waals surface area contributed by atoms with Gasteiger partial charge >= 0.3 is 0 Å². The smallest absolute Gasteiger partial charge is 0.0636 e. The first kappa shape index (κ1) is 9.60. The molecule has 1 aromatic heterocycles. The highest BCUT2D eigenvalue weighted by atomic mass is 14.7. The van der Waals surface area contributed by atoms with Crippen LogP contribution in [0, 0.1) is 0 Å². The topological polar surface area (TPSA) is 12.9 Å². The monoisotopic (exact) mass is 229 g/mol. The Morgan fingerprint density at radius 2 is 1.44 bits per heavy atom. The molecule has 0 radical (unpaired) electrons. The lowest BCUT2D eigenvalue weighted by atomic mass is 10.1. The van der Waals surface area contributed by atoms with Gasteiger partial charge in [0.25, 0.3) is 0 Å². The molecule has 0 saturated carbocycles. The largest absolute Gasteiger partial charge is 0.257 e. The Morgan fingerprint density at radius 1 is 0.778 bits per heavy atom. The molecule has 3 aromatic rings. The summed E-state index contributed by atoms with van der Waals surface area (Å²) in [6.45, 7) is 0. The van der Waals surface area contributed by atoms with Crippen molar-refractivity contribution in [2.45, 2.75) is 0 Å². The van der Waals surface area contributed by atoms with Gasteiger partial charge in [0.2, 0.25) is 0 Å². The van der Waals surface area contributed by atoms with E-state index in [2.05, 4.69) is 47.5 Å². The van der Waals surface area contributed by atoms with Crippen molar-refractivity contribution in [2.75, 3.05) is 0 Å². The Morgan fingerprint density at radius 3 is 2.06 bits per heavy atom. The maximum absolute atomic E-state index is 4.34. The van der Waals surface area contributed by atoms with Gasteiger partial charge in [0.1, 0.15) is 0 Å². The molecule has 0 spiro atoms. The van der Waals surface area contributed by atoms with Gasteiger partial charge in [0, 0.05) is 6.20 Å². The van der Waals surface area contributed by atoms with E-state index >= 15 is 0 Å². The zero-order valence-corrected chi connectivity index (χ0v) is 9.80. The molecular weight excluding hydrogens is 218 g/mol. The van der Waals surface area contributed by atoms with Crippen LogP contribution in [0.15, 0.2) is 60.8 Å². The standard InChI is InChI=1S/C17H11N/c1-2-6-13-10-16-15(9-12(13)5-1)17(16)11-14-7-3-4-8-18-14/h1-11H. The fourth-order valence-corrected chi connectivity index (χ4v) is 2.39. The third kappa shape index (κ3) is 1.45. The van der Waals surface area contributed by atoms with Crippen LogP contribution in [0.25, 0.3) is 22.4 Å². The van der Waals surface area contributed by atoms with Crippen molar-refractivity contribution in [3.63, 3.8) is 0 Å². The number of fused-ring (bicyclic) bond motifs is 2. The van der Waals surface area contributed by atoms with Gasteiger partial charge < -0.3 is 0 Å². The summed E-state index contributed by atoms with van der Waals surface area (Å²) in [4.78, 5) is 4.34. The van der Waals surface area contributed by atoms with Crippen molar-refractivity contribution in [3.05, 3.63) is 77.6 Å². The molecule has 0 bridgehead atoms. The first-order chi connectivity index (χ1) is 8.92. The van der Waals surface area contributed by atoms with Gasteiger partial charge in [0.05, 0.1) is 5.69 Å². The fraction of sp³-hybridized carbons (Fsp3) is 0. The maximum Gasteiger partial charge on any atom is 0.0636 e. The highest BCUT2D eigenvalue weighted by Crippen LogP contribution is 2.45. The van der Waals surface area contributed by atoms with Crippen LogP contribution in [0.4, 0.5) is 0 Å². The summed E-state index contributed by atoms with van der Waals surface area (Å²) >= 11 is 0. The van der Waals surface area contributed by atoms with Crippen LogP contribution in [0.3, 0.4) is 0 Å². The Kier molecular flexibility index (Phi) is 1.89. The summed E-state index contributed by atoms with van der Waals surface area (Å²) in [7, 11) is 0. The molecule has 1 aliphatic rings.